The number of hydrogen-bond acceptors (Lipinski definition) is 4. The highest BCUT2D eigenvalue weighted by atomic mass is 35.5. The molecule has 0 unspecified atom stereocenters. The Morgan fingerprint density at radius 2 is 1.77 bits per heavy atom. The quantitative estimate of drug-likeness (QED) is 0.589. The summed E-state index contributed by atoms with van der Waals surface area (Å²) in [5.74, 6) is -2.46. The zero-order valence-electron chi connectivity index (χ0n) is 12.8. The van der Waals surface area contributed by atoms with Crippen molar-refractivity contribution in [1.82, 2.24) is 0 Å². The molecule has 9 heteroatoms. The fraction of sp³-hybridized carbons (Fsp3) is 0.0588. The summed E-state index contributed by atoms with van der Waals surface area (Å²) < 4.78 is 31.7. The highest BCUT2D eigenvalue weighted by Gasteiger charge is 2.20. The number of hydrogen-bond donors (Lipinski definition) is 1. The molecule has 0 saturated heterocycles. The van der Waals surface area contributed by atoms with Gasteiger partial charge in [0.2, 0.25) is 0 Å². The Morgan fingerprint density at radius 1 is 1.08 bits per heavy atom. The van der Waals surface area contributed by atoms with Crippen LogP contribution in [0.25, 0.3) is 10.1 Å². The van der Waals surface area contributed by atoms with Crippen molar-refractivity contribution in [3.63, 3.8) is 0 Å². The maximum absolute atomic E-state index is 13.3. The molecule has 4 nitrogen and oxygen atoms in total. The van der Waals surface area contributed by atoms with Crippen LogP contribution in [0.4, 0.5) is 14.5 Å². The lowest BCUT2D eigenvalue weighted by Gasteiger charge is -2.07. The van der Waals surface area contributed by atoms with E-state index in [-0.39, 0.29) is 20.6 Å². The van der Waals surface area contributed by atoms with E-state index in [1.807, 2.05) is 0 Å². The number of amides is 1. The van der Waals surface area contributed by atoms with Crippen LogP contribution in [-0.2, 0) is 9.53 Å². The lowest BCUT2D eigenvalue weighted by Crippen LogP contribution is -2.20. The number of esters is 1. The van der Waals surface area contributed by atoms with Crippen LogP contribution in [-0.4, -0.2) is 18.5 Å². The Labute approximate surface area is 160 Å². The molecule has 0 aliphatic heterocycles. The third-order valence-corrected chi connectivity index (χ3v) is 5.27. The van der Waals surface area contributed by atoms with E-state index in [1.165, 1.54) is 24.3 Å². The highest BCUT2D eigenvalue weighted by Crippen LogP contribution is 2.36. The van der Waals surface area contributed by atoms with Gasteiger partial charge in [0.15, 0.2) is 6.61 Å². The Morgan fingerprint density at radius 3 is 2.50 bits per heavy atom. The number of halogens is 4. The van der Waals surface area contributed by atoms with Crippen LogP contribution in [0.2, 0.25) is 10.0 Å². The van der Waals surface area contributed by atoms with Crippen LogP contribution in [0.1, 0.15) is 9.67 Å². The van der Waals surface area contributed by atoms with Crippen molar-refractivity contribution in [3.05, 3.63) is 63.0 Å². The van der Waals surface area contributed by atoms with Gasteiger partial charge in [-0.2, -0.15) is 0 Å². The highest BCUT2D eigenvalue weighted by molar-refractivity contribution is 7.21. The molecule has 0 fully saturated rings. The number of carbonyl (C=O) groups excluding carboxylic acids is 2. The summed E-state index contributed by atoms with van der Waals surface area (Å²) in [4.78, 5) is 24.1. The molecule has 1 heterocycles. The second kappa shape index (κ2) is 7.57. The molecule has 0 saturated carbocycles. The molecule has 0 aliphatic carbocycles. The van der Waals surface area contributed by atoms with E-state index in [4.69, 9.17) is 27.9 Å². The van der Waals surface area contributed by atoms with Gasteiger partial charge in [-0.3, -0.25) is 4.79 Å². The van der Waals surface area contributed by atoms with Crippen molar-refractivity contribution in [2.75, 3.05) is 11.9 Å². The fourth-order valence-electron chi connectivity index (χ4n) is 2.14. The van der Waals surface area contributed by atoms with Crippen LogP contribution in [0.15, 0.2) is 36.4 Å². The molecular formula is C17H9Cl2F2NO3S. The monoisotopic (exact) mass is 415 g/mol. The van der Waals surface area contributed by atoms with E-state index < -0.39 is 30.1 Å². The predicted octanol–water partition coefficient (Wildman–Crippen LogP) is 5.28. The molecular weight excluding hydrogens is 407 g/mol. The largest absolute Gasteiger partial charge is 0.451 e. The van der Waals surface area contributed by atoms with Crippen molar-refractivity contribution in [2.45, 2.75) is 0 Å². The molecule has 134 valence electrons. The third-order valence-electron chi connectivity index (χ3n) is 3.32. The minimum Gasteiger partial charge on any atom is -0.451 e. The molecule has 0 bridgehead atoms. The van der Waals surface area contributed by atoms with Crippen molar-refractivity contribution in [3.8, 4) is 0 Å². The molecule has 1 N–H and O–H groups in total. The normalized spacial score (nSPS) is 10.8. The fourth-order valence-corrected chi connectivity index (χ4v) is 3.79. The van der Waals surface area contributed by atoms with Crippen LogP contribution in [0, 0.1) is 11.6 Å². The summed E-state index contributed by atoms with van der Waals surface area (Å²) in [7, 11) is 0. The number of fused-ring (bicyclic) bond motifs is 1. The standard InChI is InChI=1S/C17H9Cl2F2NO3S/c18-11-5-8(20)2-4-12(11)22-14(23)7-25-17(24)16-15(19)10-3-1-9(21)6-13(10)26-16/h1-6H,7H2,(H,22,23). The van der Waals surface area contributed by atoms with E-state index in [0.29, 0.717) is 10.1 Å². The predicted molar refractivity (Wildman–Crippen MR) is 97.1 cm³/mol. The number of benzene rings is 2. The van der Waals surface area contributed by atoms with E-state index in [0.717, 1.165) is 23.5 Å². The average molecular weight is 416 g/mol. The second-order valence-electron chi connectivity index (χ2n) is 5.13. The Bertz CT molecular complexity index is 1020. The molecule has 3 aromatic rings. The van der Waals surface area contributed by atoms with Gasteiger partial charge in [0.05, 0.1) is 15.7 Å². The molecule has 1 aromatic heterocycles. The zero-order valence-corrected chi connectivity index (χ0v) is 15.1. The van der Waals surface area contributed by atoms with Gasteiger partial charge >= 0.3 is 5.97 Å². The number of nitrogens with one attached hydrogen (secondary N) is 1. The number of ether oxygens (including phenoxy) is 1. The maximum atomic E-state index is 13.3. The van der Waals surface area contributed by atoms with Crippen LogP contribution in [0.5, 0.6) is 0 Å². The van der Waals surface area contributed by atoms with Crippen LogP contribution >= 0.6 is 34.5 Å². The summed E-state index contributed by atoms with van der Waals surface area (Å²) >= 11 is 12.9. The van der Waals surface area contributed by atoms with Gasteiger partial charge in [-0.25, -0.2) is 13.6 Å². The first kappa shape index (κ1) is 18.6. The van der Waals surface area contributed by atoms with Gasteiger partial charge in [-0.15, -0.1) is 11.3 Å². The number of rotatable bonds is 4. The molecule has 0 spiro atoms. The van der Waals surface area contributed by atoms with E-state index in [1.54, 1.807) is 0 Å². The van der Waals surface area contributed by atoms with E-state index in [9.17, 15) is 18.4 Å². The molecule has 2 aromatic carbocycles. The summed E-state index contributed by atoms with van der Waals surface area (Å²) in [6, 6.07) is 7.41. The van der Waals surface area contributed by atoms with Crippen molar-refractivity contribution in [2.24, 2.45) is 0 Å². The number of thiophene rings is 1. The lowest BCUT2D eigenvalue weighted by atomic mass is 10.2. The summed E-state index contributed by atoms with van der Waals surface area (Å²) in [5, 5.41) is 3.07. The van der Waals surface area contributed by atoms with E-state index >= 15 is 0 Å². The van der Waals surface area contributed by atoms with Crippen molar-refractivity contribution >= 4 is 62.2 Å². The van der Waals surface area contributed by atoms with Crippen molar-refractivity contribution < 1.29 is 23.1 Å². The first-order valence-electron chi connectivity index (χ1n) is 7.14. The first-order valence-corrected chi connectivity index (χ1v) is 8.72. The Kier molecular flexibility index (Phi) is 5.41. The second-order valence-corrected chi connectivity index (χ2v) is 6.97. The summed E-state index contributed by atoms with van der Waals surface area (Å²) in [6.45, 7) is -0.592. The molecule has 26 heavy (non-hydrogen) atoms. The van der Waals surface area contributed by atoms with Crippen LogP contribution < -0.4 is 5.32 Å². The maximum Gasteiger partial charge on any atom is 0.350 e. The summed E-state index contributed by atoms with van der Waals surface area (Å²) in [6.07, 6.45) is 0. The molecule has 3 rings (SSSR count). The lowest BCUT2D eigenvalue weighted by molar-refractivity contribution is -0.119. The molecule has 0 atom stereocenters. The molecule has 1 amide bonds. The van der Waals surface area contributed by atoms with Gasteiger partial charge in [0, 0.05) is 10.1 Å². The van der Waals surface area contributed by atoms with Gasteiger partial charge < -0.3 is 10.1 Å². The minimum absolute atomic E-state index is 0.0132. The SMILES string of the molecule is O=C(COC(=O)c1sc2cc(F)ccc2c1Cl)Nc1ccc(F)cc1Cl. The minimum atomic E-state index is -0.808. The molecule has 0 aliphatic rings. The Balaban J connectivity index is 1.67. The van der Waals surface area contributed by atoms with Crippen molar-refractivity contribution in [1.29, 1.82) is 0 Å². The third kappa shape index (κ3) is 3.95. The van der Waals surface area contributed by atoms with Crippen LogP contribution in [0.3, 0.4) is 0 Å². The topological polar surface area (TPSA) is 55.4 Å². The first-order chi connectivity index (χ1) is 12.3. The van der Waals surface area contributed by atoms with Gasteiger partial charge in [0.1, 0.15) is 16.5 Å². The Hall–Kier alpha value is -2.22. The number of anilines is 1. The summed E-state index contributed by atoms with van der Waals surface area (Å²) in [5.41, 5.74) is 0.185. The van der Waals surface area contributed by atoms with Gasteiger partial charge in [-0.1, -0.05) is 23.2 Å². The van der Waals surface area contributed by atoms with Gasteiger partial charge in [0.25, 0.3) is 5.91 Å². The van der Waals surface area contributed by atoms with Gasteiger partial charge in [-0.05, 0) is 36.4 Å². The average Bonchev–Trinajstić information content (AvgIpc) is 2.91. The van der Waals surface area contributed by atoms with E-state index in [2.05, 4.69) is 5.32 Å². The molecule has 0 radical (unpaired) electrons. The number of carbonyl (C=O) groups is 2. The zero-order chi connectivity index (χ0) is 18.8. The smallest absolute Gasteiger partial charge is 0.350 e.